The third-order valence-corrected chi connectivity index (χ3v) is 3.26. The fourth-order valence-corrected chi connectivity index (χ4v) is 1.89. The minimum atomic E-state index is -0.272. The second kappa shape index (κ2) is 23.2. The van der Waals surface area contributed by atoms with E-state index >= 15 is 0 Å². The summed E-state index contributed by atoms with van der Waals surface area (Å²) < 4.78 is 9.45. The molecular weight excluding hydrogens is 328 g/mol. The van der Waals surface area contributed by atoms with Crippen LogP contribution in [-0.4, -0.2) is 25.2 Å². The number of hydrogen-bond acceptors (Lipinski definition) is 4. The first-order valence-corrected chi connectivity index (χ1v) is 9.95. The average Bonchev–Trinajstić information content (AvgIpc) is 2.62. The fourth-order valence-electron chi connectivity index (χ4n) is 1.89. The van der Waals surface area contributed by atoms with Crippen LogP contribution in [0.25, 0.3) is 0 Å². The van der Waals surface area contributed by atoms with Crippen LogP contribution in [0.1, 0.15) is 79.1 Å². The van der Waals surface area contributed by atoms with Crippen LogP contribution in [-0.2, 0) is 19.1 Å². The van der Waals surface area contributed by atoms with Gasteiger partial charge in [-0.15, -0.1) is 0 Å². The SMILES string of the molecule is CCCCCC=CC(=O)OCC.CCCCCC=CC=CC(=O)OCC. The van der Waals surface area contributed by atoms with E-state index in [0.29, 0.717) is 13.2 Å². The van der Waals surface area contributed by atoms with Crippen molar-refractivity contribution in [1.82, 2.24) is 0 Å². The molecule has 0 unspecified atom stereocenters. The summed E-state index contributed by atoms with van der Waals surface area (Å²) in [7, 11) is 0. The van der Waals surface area contributed by atoms with Gasteiger partial charge < -0.3 is 9.47 Å². The van der Waals surface area contributed by atoms with Gasteiger partial charge >= 0.3 is 11.9 Å². The van der Waals surface area contributed by atoms with E-state index in [2.05, 4.69) is 19.9 Å². The summed E-state index contributed by atoms with van der Waals surface area (Å²) in [6.45, 7) is 8.84. The molecule has 0 aliphatic carbocycles. The zero-order chi connectivity index (χ0) is 19.9. The van der Waals surface area contributed by atoms with Gasteiger partial charge in [0.1, 0.15) is 0 Å². The first-order valence-electron chi connectivity index (χ1n) is 9.95. The Kier molecular flexibility index (Phi) is 23.5. The van der Waals surface area contributed by atoms with Crippen molar-refractivity contribution in [2.24, 2.45) is 0 Å². The van der Waals surface area contributed by atoms with Crippen LogP contribution in [0.2, 0.25) is 0 Å². The van der Waals surface area contributed by atoms with E-state index in [1.807, 2.05) is 19.1 Å². The van der Waals surface area contributed by atoms with E-state index < -0.39 is 0 Å². The lowest BCUT2D eigenvalue weighted by Gasteiger charge is -1.94. The molecule has 0 aromatic carbocycles. The molecule has 0 aliphatic rings. The molecule has 0 N–H and O–H groups in total. The molecule has 0 aliphatic heterocycles. The molecule has 26 heavy (non-hydrogen) atoms. The molecule has 0 heterocycles. The molecule has 0 fully saturated rings. The number of rotatable bonds is 13. The van der Waals surface area contributed by atoms with Gasteiger partial charge in [0.25, 0.3) is 0 Å². The predicted molar refractivity (Wildman–Crippen MR) is 109 cm³/mol. The second-order valence-electron chi connectivity index (χ2n) is 5.69. The Hall–Kier alpha value is -1.84. The van der Waals surface area contributed by atoms with Crippen molar-refractivity contribution in [1.29, 1.82) is 0 Å². The Morgan fingerprint density at radius 1 is 0.654 bits per heavy atom. The zero-order valence-electron chi connectivity index (χ0n) is 17.2. The first kappa shape index (κ1) is 26.4. The summed E-state index contributed by atoms with van der Waals surface area (Å²) in [5.41, 5.74) is 0. The Morgan fingerprint density at radius 3 is 1.65 bits per heavy atom. The van der Waals surface area contributed by atoms with Crippen LogP contribution in [0.15, 0.2) is 36.5 Å². The van der Waals surface area contributed by atoms with E-state index in [1.54, 1.807) is 13.0 Å². The quantitative estimate of drug-likeness (QED) is 0.175. The van der Waals surface area contributed by atoms with Crippen molar-refractivity contribution in [3.05, 3.63) is 36.5 Å². The highest BCUT2D eigenvalue weighted by atomic mass is 16.5. The molecule has 0 atom stereocenters. The highest BCUT2D eigenvalue weighted by Gasteiger charge is 1.91. The standard InChI is InChI=1S/C12H20O2.C10H18O2/c1-3-5-6-7-8-9-10-11-12(13)14-4-2;1-3-5-6-7-8-9-10(11)12-4-2/h8-11H,3-7H2,1-2H3;8-9H,3-7H2,1-2H3. The molecule has 0 amide bonds. The lowest BCUT2D eigenvalue weighted by atomic mass is 10.2. The molecule has 0 saturated carbocycles. The molecule has 0 aromatic rings. The maximum Gasteiger partial charge on any atom is 0.330 e. The Balaban J connectivity index is 0. The zero-order valence-corrected chi connectivity index (χ0v) is 17.2. The van der Waals surface area contributed by atoms with Gasteiger partial charge in [0, 0.05) is 12.2 Å². The summed E-state index contributed by atoms with van der Waals surface area (Å²) in [5, 5.41) is 0. The lowest BCUT2D eigenvalue weighted by molar-refractivity contribution is -0.138. The van der Waals surface area contributed by atoms with Gasteiger partial charge in [-0.3, -0.25) is 0 Å². The lowest BCUT2D eigenvalue weighted by Crippen LogP contribution is -1.98. The molecule has 0 radical (unpaired) electrons. The predicted octanol–water partition coefficient (Wildman–Crippen LogP) is 5.93. The summed E-state index contributed by atoms with van der Waals surface area (Å²) >= 11 is 0. The van der Waals surface area contributed by atoms with Crippen molar-refractivity contribution in [3.63, 3.8) is 0 Å². The minimum absolute atomic E-state index is 0.228. The van der Waals surface area contributed by atoms with E-state index in [1.165, 1.54) is 44.3 Å². The van der Waals surface area contributed by atoms with Crippen LogP contribution in [0.5, 0.6) is 0 Å². The Labute approximate surface area is 160 Å². The summed E-state index contributed by atoms with van der Waals surface area (Å²) in [4.78, 5) is 21.6. The van der Waals surface area contributed by atoms with Gasteiger partial charge in [0.15, 0.2) is 0 Å². The van der Waals surface area contributed by atoms with Crippen molar-refractivity contribution in [3.8, 4) is 0 Å². The second-order valence-corrected chi connectivity index (χ2v) is 5.69. The third kappa shape index (κ3) is 24.4. The van der Waals surface area contributed by atoms with Crippen LogP contribution >= 0.6 is 0 Å². The fraction of sp³-hybridized carbons (Fsp3) is 0.636. The van der Waals surface area contributed by atoms with E-state index in [-0.39, 0.29) is 11.9 Å². The number of esters is 2. The van der Waals surface area contributed by atoms with Crippen molar-refractivity contribution in [2.45, 2.75) is 79.1 Å². The molecule has 0 rings (SSSR count). The van der Waals surface area contributed by atoms with Gasteiger partial charge in [0.05, 0.1) is 13.2 Å². The largest absolute Gasteiger partial charge is 0.463 e. The van der Waals surface area contributed by atoms with Crippen molar-refractivity contribution < 1.29 is 19.1 Å². The van der Waals surface area contributed by atoms with Crippen molar-refractivity contribution in [2.75, 3.05) is 13.2 Å². The van der Waals surface area contributed by atoms with Crippen LogP contribution in [0.4, 0.5) is 0 Å². The smallest absolute Gasteiger partial charge is 0.330 e. The van der Waals surface area contributed by atoms with Gasteiger partial charge in [0.2, 0.25) is 0 Å². The first-order chi connectivity index (χ1) is 12.6. The third-order valence-electron chi connectivity index (χ3n) is 3.26. The summed E-state index contributed by atoms with van der Waals surface area (Å²) in [6.07, 6.45) is 19.9. The highest BCUT2D eigenvalue weighted by Crippen LogP contribution is 2.00. The van der Waals surface area contributed by atoms with Gasteiger partial charge in [-0.2, -0.15) is 0 Å². The molecule has 0 saturated heterocycles. The maximum atomic E-state index is 10.8. The van der Waals surface area contributed by atoms with Crippen LogP contribution in [0.3, 0.4) is 0 Å². The number of hydrogen-bond donors (Lipinski definition) is 0. The molecule has 150 valence electrons. The van der Waals surface area contributed by atoms with E-state index in [9.17, 15) is 9.59 Å². The monoisotopic (exact) mass is 366 g/mol. The number of unbranched alkanes of at least 4 members (excludes halogenated alkanes) is 6. The van der Waals surface area contributed by atoms with Crippen LogP contribution in [0, 0.1) is 0 Å². The molecule has 0 spiro atoms. The molecule has 0 aromatic heterocycles. The van der Waals surface area contributed by atoms with E-state index in [0.717, 1.165) is 19.3 Å². The molecule has 4 nitrogen and oxygen atoms in total. The number of carbonyl (C=O) groups is 2. The van der Waals surface area contributed by atoms with Crippen molar-refractivity contribution >= 4 is 11.9 Å². The molecule has 0 bridgehead atoms. The van der Waals surface area contributed by atoms with Gasteiger partial charge in [-0.05, 0) is 39.5 Å². The Morgan fingerprint density at radius 2 is 1.15 bits per heavy atom. The van der Waals surface area contributed by atoms with E-state index in [4.69, 9.17) is 9.47 Å². The number of allylic oxidation sites excluding steroid dienone is 4. The van der Waals surface area contributed by atoms with Crippen LogP contribution < -0.4 is 0 Å². The highest BCUT2D eigenvalue weighted by molar-refractivity contribution is 5.82. The average molecular weight is 367 g/mol. The minimum Gasteiger partial charge on any atom is -0.463 e. The molecule has 4 heteroatoms. The molecular formula is C22H38O4. The number of carbonyl (C=O) groups excluding carboxylic acids is 2. The topological polar surface area (TPSA) is 52.6 Å². The maximum absolute atomic E-state index is 10.8. The normalized spacial score (nSPS) is 10.9. The summed E-state index contributed by atoms with van der Waals surface area (Å²) in [6, 6.07) is 0. The Bertz CT molecular complexity index is 408. The van der Waals surface area contributed by atoms with Gasteiger partial charge in [-0.25, -0.2) is 9.59 Å². The number of ether oxygens (including phenoxy) is 2. The summed E-state index contributed by atoms with van der Waals surface area (Å²) in [5.74, 6) is -0.500. The van der Waals surface area contributed by atoms with Gasteiger partial charge in [-0.1, -0.05) is 63.8 Å².